The van der Waals surface area contributed by atoms with Crippen LogP contribution in [0.2, 0.25) is 0 Å². The van der Waals surface area contributed by atoms with E-state index in [4.69, 9.17) is 9.47 Å². The number of benzene rings is 1. The summed E-state index contributed by atoms with van der Waals surface area (Å²) in [4.78, 5) is 14.3. The molecule has 0 N–H and O–H groups in total. The van der Waals surface area contributed by atoms with Crippen molar-refractivity contribution in [3.63, 3.8) is 0 Å². The lowest BCUT2D eigenvalue weighted by Crippen LogP contribution is -2.44. The number of hydrogen-bond acceptors (Lipinski definition) is 3. The van der Waals surface area contributed by atoms with E-state index in [1.54, 1.807) is 7.11 Å². The Morgan fingerprint density at radius 3 is 2.85 bits per heavy atom. The van der Waals surface area contributed by atoms with Gasteiger partial charge in [-0.2, -0.15) is 0 Å². The number of methoxy groups -OCH3 is 1. The predicted molar refractivity (Wildman–Crippen MR) is 75.9 cm³/mol. The second-order valence-electron chi connectivity index (χ2n) is 5.20. The molecule has 1 aromatic carbocycles. The molecule has 2 atom stereocenters. The Hall–Kier alpha value is -1.97. The summed E-state index contributed by atoms with van der Waals surface area (Å²) in [5.74, 6) is 1.33. The maximum Gasteiger partial charge on any atom is 0.261 e. The van der Waals surface area contributed by atoms with E-state index >= 15 is 0 Å². The first-order valence-electron chi connectivity index (χ1n) is 7.03. The van der Waals surface area contributed by atoms with E-state index in [-0.39, 0.29) is 18.6 Å². The third kappa shape index (κ3) is 2.38. The zero-order valence-electron chi connectivity index (χ0n) is 11.6. The van der Waals surface area contributed by atoms with Gasteiger partial charge in [-0.3, -0.25) is 4.79 Å². The lowest BCUT2D eigenvalue weighted by atomic mass is 10.1. The molecule has 1 aromatic rings. The minimum absolute atomic E-state index is 0.0627. The Morgan fingerprint density at radius 1 is 1.30 bits per heavy atom. The van der Waals surface area contributed by atoms with Crippen molar-refractivity contribution in [3.05, 3.63) is 36.4 Å². The first kappa shape index (κ1) is 13.0. The van der Waals surface area contributed by atoms with Crippen molar-refractivity contribution in [2.75, 3.05) is 13.7 Å². The Morgan fingerprint density at radius 2 is 2.10 bits per heavy atom. The van der Waals surface area contributed by atoms with E-state index in [0.29, 0.717) is 17.5 Å². The molecule has 0 radical (unpaired) electrons. The van der Waals surface area contributed by atoms with Gasteiger partial charge in [0.15, 0.2) is 18.1 Å². The van der Waals surface area contributed by atoms with Crippen molar-refractivity contribution in [1.29, 1.82) is 0 Å². The maximum absolute atomic E-state index is 12.4. The summed E-state index contributed by atoms with van der Waals surface area (Å²) in [7, 11) is 1.60. The third-order valence-electron chi connectivity index (χ3n) is 4.02. The Kier molecular flexibility index (Phi) is 3.63. The highest BCUT2D eigenvalue weighted by atomic mass is 16.5. The van der Waals surface area contributed by atoms with Gasteiger partial charge in [0.25, 0.3) is 5.91 Å². The van der Waals surface area contributed by atoms with Crippen LogP contribution in [0.15, 0.2) is 36.4 Å². The van der Waals surface area contributed by atoms with Crippen molar-refractivity contribution in [3.8, 4) is 11.5 Å². The van der Waals surface area contributed by atoms with Gasteiger partial charge in [0.05, 0.1) is 13.2 Å². The molecule has 1 saturated heterocycles. The zero-order chi connectivity index (χ0) is 13.9. The molecule has 3 rings (SSSR count). The second-order valence-corrected chi connectivity index (χ2v) is 5.20. The monoisotopic (exact) mass is 273 g/mol. The maximum atomic E-state index is 12.4. The number of ether oxygens (including phenoxy) is 2. The number of rotatable bonds is 4. The highest BCUT2D eigenvalue weighted by molar-refractivity contribution is 5.79. The fraction of sp³-hybridized carbons (Fsp3) is 0.438. The van der Waals surface area contributed by atoms with Crippen LogP contribution in [0.25, 0.3) is 0 Å². The Balaban J connectivity index is 1.64. The Bertz CT molecular complexity index is 526. The van der Waals surface area contributed by atoms with Gasteiger partial charge in [0.2, 0.25) is 0 Å². The van der Waals surface area contributed by atoms with Gasteiger partial charge in [-0.1, -0.05) is 24.3 Å². The van der Waals surface area contributed by atoms with Gasteiger partial charge in [0, 0.05) is 6.04 Å². The number of amides is 1. The van der Waals surface area contributed by atoms with Crippen LogP contribution in [0.3, 0.4) is 0 Å². The average Bonchev–Trinajstić information content (AvgIpc) is 2.74. The summed E-state index contributed by atoms with van der Waals surface area (Å²) >= 11 is 0. The van der Waals surface area contributed by atoms with E-state index < -0.39 is 0 Å². The average molecular weight is 273 g/mol. The van der Waals surface area contributed by atoms with Crippen LogP contribution in [0.4, 0.5) is 0 Å². The number of fused-ring (bicyclic) bond motifs is 2. The fourth-order valence-corrected chi connectivity index (χ4v) is 3.07. The topological polar surface area (TPSA) is 38.8 Å². The van der Waals surface area contributed by atoms with Crippen molar-refractivity contribution in [2.45, 2.75) is 31.3 Å². The second kappa shape index (κ2) is 5.57. The number of para-hydroxylation sites is 2. The molecule has 0 aliphatic carbocycles. The molecule has 20 heavy (non-hydrogen) atoms. The SMILES string of the molecule is COc1ccccc1OCC(=O)N1[C@H]2CC=C[C@H]1CC2. The number of nitrogens with zero attached hydrogens (tertiary/aromatic N) is 1. The quantitative estimate of drug-likeness (QED) is 0.791. The van der Waals surface area contributed by atoms with Gasteiger partial charge in [0.1, 0.15) is 0 Å². The van der Waals surface area contributed by atoms with Crippen LogP contribution in [0.5, 0.6) is 11.5 Å². The molecule has 2 aliphatic heterocycles. The van der Waals surface area contributed by atoms with Crippen molar-refractivity contribution < 1.29 is 14.3 Å². The molecule has 4 nitrogen and oxygen atoms in total. The summed E-state index contributed by atoms with van der Waals surface area (Å²) in [5, 5.41) is 0. The van der Waals surface area contributed by atoms with Crippen LogP contribution in [-0.2, 0) is 4.79 Å². The highest BCUT2D eigenvalue weighted by Crippen LogP contribution is 2.32. The molecule has 2 aliphatic rings. The predicted octanol–water partition coefficient (Wildman–Crippen LogP) is 2.39. The number of carbonyl (C=O) groups is 1. The molecule has 2 heterocycles. The van der Waals surface area contributed by atoms with Gasteiger partial charge < -0.3 is 14.4 Å². The first-order valence-corrected chi connectivity index (χ1v) is 7.03. The summed E-state index contributed by atoms with van der Waals surface area (Å²) in [5.41, 5.74) is 0. The summed E-state index contributed by atoms with van der Waals surface area (Å²) in [6.45, 7) is 0.0706. The van der Waals surface area contributed by atoms with Crippen LogP contribution < -0.4 is 9.47 Å². The van der Waals surface area contributed by atoms with Crippen molar-refractivity contribution >= 4 is 5.91 Å². The van der Waals surface area contributed by atoms with Crippen molar-refractivity contribution in [2.24, 2.45) is 0 Å². The zero-order valence-corrected chi connectivity index (χ0v) is 11.6. The first-order chi connectivity index (χ1) is 9.79. The Labute approximate surface area is 119 Å². The molecule has 1 amide bonds. The van der Waals surface area contributed by atoms with Gasteiger partial charge in [-0.05, 0) is 31.4 Å². The molecular formula is C16H19NO3. The van der Waals surface area contributed by atoms with Crippen LogP contribution in [0.1, 0.15) is 19.3 Å². The smallest absolute Gasteiger partial charge is 0.261 e. The molecular weight excluding hydrogens is 254 g/mol. The van der Waals surface area contributed by atoms with Crippen LogP contribution in [0, 0.1) is 0 Å². The van der Waals surface area contributed by atoms with E-state index in [0.717, 1.165) is 19.3 Å². The lowest BCUT2D eigenvalue weighted by molar-refractivity contribution is -0.135. The van der Waals surface area contributed by atoms with E-state index in [2.05, 4.69) is 12.2 Å². The minimum Gasteiger partial charge on any atom is -0.493 e. The highest BCUT2D eigenvalue weighted by Gasteiger charge is 2.37. The summed E-state index contributed by atoms with van der Waals surface area (Å²) in [6, 6.07) is 8.02. The van der Waals surface area contributed by atoms with Crippen molar-refractivity contribution in [1.82, 2.24) is 4.90 Å². The molecule has 0 unspecified atom stereocenters. The van der Waals surface area contributed by atoms with E-state index in [1.165, 1.54) is 0 Å². The molecule has 4 heteroatoms. The number of hydrogen-bond donors (Lipinski definition) is 0. The standard InChI is InChI=1S/C16H19NO3/c1-19-14-7-2-3-8-15(14)20-11-16(18)17-12-5-4-6-13(17)10-9-12/h2-5,7-8,12-13H,6,9-11H2,1H3/t12-,13-/m0/s1. The van der Waals surface area contributed by atoms with E-state index in [9.17, 15) is 4.79 Å². The van der Waals surface area contributed by atoms with Gasteiger partial charge in [-0.15, -0.1) is 0 Å². The molecule has 106 valence electrons. The van der Waals surface area contributed by atoms with E-state index in [1.807, 2.05) is 29.2 Å². The lowest BCUT2D eigenvalue weighted by Gasteiger charge is -2.31. The third-order valence-corrected chi connectivity index (χ3v) is 4.02. The van der Waals surface area contributed by atoms with Crippen LogP contribution >= 0.6 is 0 Å². The fourth-order valence-electron chi connectivity index (χ4n) is 3.07. The molecule has 0 aromatic heterocycles. The largest absolute Gasteiger partial charge is 0.493 e. The summed E-state index contributed by atoms with van der Waals surface area (Å²) < 4.78 is 10.8. The summed E-state index contributed by atoms with van der Waals surface area (Å²) in [6.07, 6.45) is 7.47. The van der Waals surface area contributed by atoms with Gasteiger partial charge in [-0.25, -0.2) is 0 Å². The molecule has 0 spiro atoms. The normalized spacial score (nSPS) is 23.8. The molecule has 1 fully saturated rings. The molecule has 0 saturated carbocycles. The van der Waals surface area contributed by atoms with Gasteiger partial charge >= 0.3 is 0 Å². The molecule has 2 bridgehead atoms. The number of carbonyl (C=O) groups excluding carboxylic acids is 1. The van der Waals surface area contributed by atoms with Crippen LogP contribution in [-0.4, -0.2) is 36.6 Å². The minimum atomic E-state index is 0.0627.